The van der Waals surface area contributed by atoms with E-state index in [-0.39, 0.29) is 29.7 Å². The summed E-state index contributed by atoms with van der Waals surface area (Å²) in [6.45, 7) is 1.96. The van der Waals surface area contributed by atoms with Gasteiger partial charge in [-0.1, -0.05) is 22.0 Å². The molecule has 0 aliphatic heterocycles. The van der Waals surface area contributed by atoms with Crippen molar-refractivity contribution in [3.05, 3.63) is 52.4 Å². The maximum absolute atomic E-state index is 12.2. The number of halogens is 1. The lowest BCUT2D eigenvalue weighted by Crippen LogP contribution is -2.34. The van der Waals surface area contributed by atoms with Crippen molar-refractivity contribution >= 4 is 31.9 Å². The van der Waals surface area contributed by atoms with Crippen LogP contribution >= 0.6 is 15.9 Å². The van der Waals surface area contributed by atoms with Crippen molar-refractivity contribution in [1.82, 2.24) is 10.0 Å². The number of furan rings is 1. The van der Waals surface area contributed by atoms with Crippen LogP contribution < -0.4 is 10.0 Å². The van der Waals surface area contributed by atoms with Gasteiger partial charge in [0.2, 0.25) is 10.0 Å². The Kier molecular flexibility index (Phi) is 5.38. The highest BCUT2D eigenvalue weighted by Gasteiger charge is 2.16. The fourth-order valence-electron chi connectivity index (χ4n) is 1.80. The highest BCUT2D eigenvalue weighted by Crippen LogP contribution is 2.20. The topological polar surface area (TPSA) is 88.4 Å². The van der Waals surface area contributed by atoms with Gasteiger partial charge >= 0.3 is 0 Å². The average Bonchev–Trinajstić information content (AvgIpc) is 3.00. The predicted molar refractivity (Wildman–Crippen MR) is 85.1 cm³/mol. The van der Waals surface area contributed by atoms with Crippen LogP contribution in [0.5, 0.6) is 0 Å². The molecule has 0 radical (unpaired) electrons. The van der Waals surface area contributed by atoms with Gasteiger partial charge in [0.05, 0.1) is 11.2 Å². The first-order valence-corrected chi connectivity index (χ1v) is 8.75. The normalized spacial score (nSPS) is 11.4. The van der Waals surface area contributed by atoms with Crippen molar-refractivity contribution in [3.8, 4) is 0 Å². The highest BCUT2D eigenvalue weighted by atomic mass is 79.9. The summed E-state index contributed by atoms with van der Waals surface area (Å²) >= 11 is 3.25. The molecule has 118 valence electrons. The van der Waals surface area contributed by atoms with E-state index < -0.39 is 10.0 Å². The molecule has 0 unspecified atom stereocenters. The van der Waals surface area contributed by atoms with E-state index in [2.05, 4.69) is 26.0 Å². The third-order valence-electron chi connectivity index (χ3n) is 2.89. The fraction of sp³-hybridized carbons (Fsp3) is 0.214. The van der Waals surface area contributed by atoms with Crippen molar-refractivity contribution in [1.29, 1.82) is 0 Å². The number of amides is 1. The van der Waals surface area contributed by atoms with E-state index in [9.17, 15) is 13.2 Å². The number of hydrogen-bond acceptors (Lipinski definition) is 4. The van der Waals surface area contributed by atoms with Crippen LogP contribution in [0.3, 0.4) is 0 Å². The first-order chi connectivity index (χ1) is 10.4. The van der Waals surface area contributed by atoms with E-state index in [1.165, 1.54) is 12.3 Å². The van der Waals surface area contributed by atoms with Crippen LogP contribution in [0, 0.1) is 6.92 Å². The SMILES string of the molecule is Cc1ccc(Br)cc1S(=O)(=O)NCCNC(=O)c1ccco1. The summed E-state index contributed by atoms with van der Waals surface area (Å²) in [6, 6.07) is 8.17. The van der Waals surface area contributed by atoms with Gasteiger partial charge in [-0.3, -0.25) is 4.79 Å². The zero-order valence-corrected chi connectivity index (χ0v) is 14.2. The fourth-order valence-corrected chi connectivity index (χ4v) is 3.61. The smallest absolute Gasteiger partial charge is 0.287 e. The molecule has 2 aromatic rings. The summed E-state index contributed by atoms with van der Waals surface area (Å²) in [4.78, 5) is 11.8. The molecule has 1 amide bonds. The van der Waals surface area contributed by atoms with Crippen LogP contribution in [0.15, 0.2) is 50.4 Å². The van der Waals surface area contributed by atoms with Crippen molar-refractivity contribution < 1.29 is 17.6 Å². The second kappa shape index (κ2) is 7.08. The van der Waals surface area contributed by atoms with Gasteiger partial charge in [0.1, 0.15) is 0 Å². The van der Waals surface area contributed by atoms with Crippen molar-refractivity contribution in [2.24, 2.45) is 0 Å². The third-order valence-corrected chi connectivity index (χ3v) is 4.98. The van der Waals surface area contributed by atoms with Crippen LogP contribution in [0.25, 0.3) is 0 Å². The maximum atomic E-state index is 12.2. The Bertz CT molecular complexity index is 757. The quantitative estimate of drug-likeness (QED) is 0.743. The zero-order valence-electron chi connectivity index (χ0n) is 11.8. The monoisotopic (exact) mass is 386 g/mol. The van der Waals surface area contributed by atoms with Crippen molar-refractivity contribution in [2.75, 3.05) is 13.1 Å². The summed E-state index contributed by atoms with van der Waals surface area (Å²) in [5.41, 5.74) is 0.648. The molecule has 0 saturated carbocycles. The molecule has 1 heterocycles. The summed E-state index contributed by atoms with van der Waals surface area (Å²) in [5, 5.41) is 2.57. The lowest BCUT2D eigenvalue weighted by Gasteiger charge is -2.10. The molecule has 2 N–H and O–H groups in total. The van der Waals surface area contributed by atoms with Gasteiger partial charge in [0, 0.05) is 17.6 Å². The first kappa shape index (κ1) is 16.7. The molecule has 0 bridgehead atoms. The van der Waals surface area contributed by atoms with Gasteiger partial charge in [-0.15, -0.1) is 0 Å². The minimum atomic E-state index is -3.62. The van der Waals surface area contributed by atoms with Gasteiger partial charge < -0.3 is 9.73 Å². The Hall–Kier alpha value is -1.64. The number of sulfonamides is 1. The average molecular weight is 387 g/mol. The standard InChI is InChI=1S/C14H15BrN2O4S/c1-10-4-5-11(15)9-13(10)22(19,20)17-7-6-16-14(18)12-3-2-8-21-12/h2-5,8-9,17H,6-7H2,1H3,(H,16,18). The molecule has 0 atom stereocenters. The van der Waals surface area contributed by atoms with E-state index >= 15 is 0 Å². The van der Waals surface area contributed by atoms with Crippen LogP contribution in [0.1, 0.15) is 16.1 Å². The zero-order chi connectivity index (χ0) is 16.2. The molecule has 0 aliphatic rings. The van der Waals surface area contributed by atoms with E-state index in [0.717, 1.165) is 0 Å². The summed E-state index contributed by atoms with van der Waals surface area (Å²) in [7, 11) is -3.62. The van der Waals surface area contributed by atoms with Gasteiger partial charge in [-0.05, 0) is 36.8 Å². The molecule has 22 heavy (non-hydrogen) atoms. The van der Waals surface area contributed by atoms with Crippen molar-refractivity contribution in [3.63, 3.8) is 0 Å². The minimum absolute atomic E-state index is 0.0841. The predicted octanol–water partition coefficient (Wildman–Crippen LogP) is 2.06. The van der Waals surface area contributed by atoms with E-state index in [1.807, 2.05) is 0 Å². The molecule has 1 aromatic heterocycles. The maximum Gasteiger partial charge on any atom is 0.287 e. The van der Waals surface area contributed by atoms with E-state index in [4.69, 9.17) is 4.42 Å². The Morgan fingerprint density at radius 2 is 2.05 bits per heavy atom. The molecule has 8 heteroatoms. The Morgan fingerprint density at radius 3 is 2.73 bits per heavy atom. The summed E-state index contributed by atoms with van der Waals surface area (Å²) < 4.78 is 32.5. The van der Waals surface area contributed by atoms with E-state index in [0.29, 0.717) is 10.0 Å². The molecular weight excluding hydrogens is 372 g/mol. The van der Waals surface area contributed by atoms with E-state index in [1.54, 1.807) is 31.2 Å². The summed E-state index contributed by atoms with van der Waals surface area (Å²) in [5.74, 6) is -0.200. The molecule has 0 saturated heterocycles. The molecule has 2 rings (SSSR count). The number of carbonyl (C=O) groups is 1. The number of hydrogen-bond donors (Lipinski definition) is 2. The van der Waals surface area contributed by atoms with Crippen LogP contribution in [-0.2, 0) is 10.0 Å². The Morgan fingerprint density at radius 1 is 1.27 bits per heavy atom. The second-order valence-electron chi connectivity index (χ2n) is 4.54. The molecule has 0 aliphatic carbocycles. The van der Waals surface area contributed by atoms with Crippen molar-refractivity contribution in [2.45, 2.75) is 11.8 Å². The first-order valence-electron chi connectivity index (χ1n) is 6.47. The number of aryl methyl sites for hydroxylation is 1. The summed E-state index contributed by atoms with van der Waals surface area (Å²) in [6.07, 6.45) is 1.40. The van der Waals surface area contributed by atoms with Crippen LogP contribution in [-0.4, -0.2) is 27.4 Å². The van der Waals surface area contributed by atoms with Gasteiger partial charge in [0.15, 0.2) is 5.76 Å². The number of nitrogens with one attached hydrogen (secondary N) is 2. The minimum Gasteiger partial charge on any atom is -0.459 e. The number of rotatable bonds is 6. The lowest BCUT2D eigenvalue weighted by atomic mass is 10.2. The number of carbonyl (C=O) groups excluding carboxylic acids is 1. The third kappa shape index (κ3) is 4.19. The molecule has 1 aromatic carbocycles. The largest absolute Gasteiger partial charge is 0.459 e. The van der Waals surface area contributed by atoms with Gasteiger partial charge in [-0.2, -0.15) is 0 Å². The Labute approximate surface area is 137 Å². The highest BCUT2D eigenvalue weighted by molar-refractivity contribution is 9.10. The molecular formula is C14H15BrN2O4S. The second-order valence-corrected chi connectivity index (χ2v) is 7.19. The molecule has 0 fully saturated rings. The molecule has 6 nitrogen and oxygen atoms in total. The van der Waals surface area contributed by atoms with Crippen LogP contribution in [0.4, 0.5) is 0 Å². The van der Waals surface area contributed by atoms with Crippen LogP contribution in [0.2, 0.25) is 0 Å². The lowest BCUT2D eigenvalue weighted by molar-refractivity contribution is 0.0926. The Balaban J connectivity index is 1.90. The molecule has 0 spiro atoms. The number of benzene rings is 1. The van der Waals surface area contributed by atoms with Gasteiger partial charge in [-0.25, -0.2) is 13.1 Å². The van der Waals surface area contributed by atoms with Gasteiger partial charge in [0.25, 0.3) is 5.91 Å².